The standard InChI is InChI=1S/C20H20BrClN2O5/c21-13-4-3-12(8-14(13)22)23-15(25)9-29-16(26)5-6-24-19(27)17-10-1-2-11(7-10)18(17)20(24)28/h3-4,8,10-11,17-18H,1-2,5-7,9H2,(H,23,25)/t10-,11-,17+,18+/m0/s1. The highest BCUT2D eigenvalue weighted by molar-refractivity contribution is 9.10. The van der Waals surface area contributed by atoms with Gasteiger partial charge in [-0.25, -0.2) is 0 Å². The second kappa shape index (κ2) is 8.07. The summed E-state index contributed by atoms with van der Waals surface area (Å²) in [6.07, 6.45) is 2.88. The molecule has 1 aromatic rings. The number of carbonyl (C=O) groups is 4. The number of anilines is 1. The average Bonchev–Trinajstić information content (AvgIpc) is 3.36. The minimum atomic E-state index is -0.630. The van der Waals surface area contributed by atoms with Crippen LogP contribution in [-0.2, 0) is 23.9 Å². The molecule has 3 fully saturated rings. The first-order valence-corrected chi connectivity index (χ1v) is 10.8. The molecule has 1 heterocycles. The molecule has 1 aliphatic heterocycles. The monoisotopic (exact) mass is 482 g/mol. The molecule has 7 nitrogen and oxygen atoms in total. The van der Waals surface area contributed by atoms with Crippen LogP contribution in [0.3, 0.4) is 0 Å². The number of nitrogens with one attached hydrogen (secondary N) is 1. The van der Waals surface area contributed by atoms with Gasteiger partial charge < -0.3 is 10.1 Å². The lowest BCUT2D eigenvalue weighted by Crippen LogP contribution is -2.35. The van der Waals surface area contributed by atoms with E-state index in [-0.39, 0.29) is 36.6 Å². The predicted molar refractivity (Wildman–Crippen MR) is 108 cm³/mol. The van der Waals surface area contributed by atoms with E-state index in [4.69, 9.17) is 16.3 Å². The zero-order chi connectivity index (χ0) is 20.7. The van der Waals surface area contributed by atoms with Gasteiger partial charge in [-0.15, -0.1) is 0 Å². The van der Waals surface area contributed by atoms with E-state index in [0.717, 1.165) is 19.3 Å². The summed E-state index contributed by atoms with van der Waals surface area (Å²) in [6.45, 7) is -0.448. The first-order valence-electron chi connectivity index (χ1n) is 9.61. The van der Waals surface area contributed by atoms with Crippen LogP contribution < -0.4 is 5.32 Å². The molecule has 154 valence electrons. The first-order chi connectivity index (χ1) is 13.8. The third kappa shape index (κ3) is 3.92. The third-order valence-electron chi connectivity index (χ3n) is 6.13. The molecule has 0 radical (unpaired) electrons. The molecule has 1 N–H and O–H groups in total. The second-order valence-corrected chi connectivity index (χ2v) is 9.06. The Hall–Kier alpha value is -1.93. The number of hydrogen-bond acceptors (Lipinski definition) is 5. The highest BCUT2D eigenvalue weighted by Gasteiger charge is 2.60. The summed E-state index contributed by atoms with van der Waals surface area (Å²) in [7, 11) is 0. The van der Waals surface area contributed by atoms with Crippen LogP contribution in [0.2, 0.25) is 5.02 Å². The molecule has 4 atom stereocenters. The Labute approximate surface area is 181 Å². The van der Waals surface area contributed by atoms with Crippen molar-refractivity contribution < 1.29 is 23.9 Å². The Balaban J connectivity index is 1.23. The molecule has 3 aliphatic rings. The molecular formula is C20H20BrClN2O5. The predicted octanol–water partition coefficient (Wildman–Crippen LogP) is 3.01. The lowest BCUT2D eigenvalue weighted by molar-refractivity contribution is -0.149. The number of carbonyl (C=O) groups excluding carboxylic acids is 4. The van der Waals surface area contributed by atoms with Crippen molar-refractivity contribution in [1.82, 2.24) is 4.90 Å². The summed E-state index contributed by atoms with van der Waals surface area (Å²) in [4.78, 5) is 50.3. The summed E-state index contributed by atoms with van der Waals surface area (Å²) in [5.41, 5.74) is 0.480. The average molecular weight is 484 g/mol. The van der Waals surface area contributed by atoms with Gasteiger partial charge in [0.15, 0.2) is 6.61 Å². The normalized spacial score (nSPS) is 27.3. The quantitative estimate of drug-likeness (QED) is 0.496. The molecule has 1 saturated heterocycles. The Morgan fingerprint density at radius 3 is 2.45 bits per heavy atom. The molecule has 1 aromatic carbocycles. The molecule has 3 amide bonds. The minimum Gasteiger partial charge on any atom is -0.456 e. The van der Waals surface area contributed by atoms with Crippen LogP contribution >= 0.6 is 27.5 Å². The highest BCUT2D eigenvalue weighted by atomic mass is 79.9. The van der Waals surface area contributed by atoms with Crippen molar-refractivity contribution in [2.24, 2.45) is 23.7 Å². The van der Waals surface area contributed by atoms with Gasteiger partial charge in [0.05, 0.1) is 23.3 Å². The molecular weight excluding hydrogens is 464 g/mol. The summed E-state index contributed by atoms with van der Waals surface area (Å²) in [5, 5.41) is 3.02. The van der Waals surface area contributed by atoms with Gasteiger partial charge in [0.25, 0.3) is 5.91 Å². The van der Waals surface area contributed by atoms with Crippen LogP contribution in [0, 0.1) is 23.7 Å². The van der Waals surface area contributed by atoms with E-state index < -0.39 is 18.5 Å². The van der Waals surface area contributed by atoms with Gasteiger partial charge in [0.1, 0.15) is 0 Å². The van der Waals surface area contributed by atoms with E-state index >= 15 is 0 Å². The topological polar surface area (TPSA) is 92.8 Å². The van der Waals surface area contributed by atoms with E-state index in [1.807, 2.05) is 0 Å². The van der Waals surface area contributed by atoms with Crippen molar-refractivity contribution in [2.75, 3.05) is 18.5 Å². The van der Waals surface area contributed by atoms with Gasteiger partial charge in [-0.3, -0.25) is 24.1 Å². The molecule has 2 aliphatic carbocycles. The van der Waals surface area contributed by atoms with Crippen molar-refractivity contribution >= 4 is 56.9 Å². The fraction of sp³-hybridized carbons (Fsp3) is 0.500. The molecule has 29 heavy (non-hydrogen) atoms. The Morgan fingerprint density at radius 1 is 1.17 bits per heavy atom. The second-order valence-electron chi connectivity index (χ2n) is 7.80. The smallest absolute Gasteiger partial charge is 0.308 e. The van der Waals surface area contributed by atoms with Crippen molar-refractivity contribution in [3.05, 3.63) is 27.7 Å². The Bertz CT molecular complexity index is 864. The molecule has 4 rings (SSSR count). The van der Waals surface area contributed by atoms with Crippen LogP contribution in [0.5, 0.6) is 0 Å². The van der Waals surface area contributed by atoms with Crippen molar-refractivity contribution in [3.8, 4) is 0 Å². The van der Waals surface area contributed by atoms with E-state index in [0.29, 0.717) is 27.0 Å². The number of esters is 1. The molecule has 2 bridgehead atoms. The van der Waals surface area contributed by atoms with Crippen LogP contribution in [0.15, 0.2) is 22.7 Å². The highest BCUT2D eigenvalue weighted by Crippen LogP contribution is 2.56. The molecule has 0 aromatic heterocycles. The summed E-state index contributed by atoms with van der Waals surface area (Å²) in [6, 6.07) is 4.92. The number of fused-ring (bicyclic) bond motifs is 5. The van der Waals surface area contributed by atoms with E-state index in [1.54, 1.807) is 18.2 Å². The van der Waals surface area contributed by atoms with Crippen molar-refractivity contribution in [2.45, 2.75) is 25.7 Å². The number of hydrogen-bond donors (Lipinski definition) is 1. The maximum atomic E-state index is 12.6. The zero-order valence-electron chi connectivity index (χ0n) is 15.5. The molecule has 2 saturated carbocycles. The molecule has 0 unspecified atom stereocenters. The van der Waals surface area contributed by atoms with Gasteiger partial charge in [0.2, 0.25) is 11.8 Å². The Morgan fingerprint density at radius 2 is 1.83 bits per heavy atom. The van der Waals surface area contributed by atoms with Gasteiger partial charge >= 0.3 is 5.97 Å². The number of rotatable bonds is 6. The minimum absolute atomic E-state index is 0.00682. The summed E-state index contributed by atoms with van der Waals surface area (Å²) >= 11 is 9.22. The number of benzene rings is 1. The van der Waals surface area contributed by atoms with Crippen LogP contribution in [0.1, 0.15) is 25.7 Å². The van der Waals surface area contributed by atoms with Gasteiger partial charge in [0, 0.05) is 16.7 Å². The first kappa shape index (κ1) is 20.3. The molecule has 0 spiro atoms. The number of halogens is 2. The largest absolute Gasteiger partial charge is 0.456 e. The van der Waals surface area contributed by atoms with Crippen LogP contribution in [-0.4, -0.2) is 41.7 Å². The van der Waals surface area contributed by atoms with Crippen LogP contribution in [0.4, 0.5) is 5.69 Å². The lowest BCUT2D eigenvalue weighted by Gasteiger charge is -2.19. The molecule has 9 heteroatoms. The number of ether oxygens (including phenoxy) is 1. The summed E-state index contributed by atoms with van der Waals surface area (Å²) < 4.78 is 5.67. The van der Waals surface area contributed by atoms with E-state index in [2.05, 4.69) is 21.2 Å². The Kier molecular flexibility index (Phi) is 5.66. The third-order valence-corrected chi connectivity index (χ3v) is 7.36. The van der Waals surface area contributed by atoms with Crippen LogP contribution in [0.25, 0.3) is 0 Å². The van der Waals surface area contributed by atoms with Crippen molar-refractivity contribution in [1.29, 1.82) is 0 Å². The zero-order valence-corrected chi connectivity index (χ0v) is 17.9. The fourth-order valence-corrected chi connectivity index (χ4v) is 5.31. The summed E-state index contributed by atoms with van der Waals surface area (Å²) in [5.74, 6) is -1.19. The van der Waals surface area contributed by atoms with Gasteiger partial charge in [-0.2, -0.15) is 0 Å². The fourth-order valence-electron chi connectivity index (χ4n) is 4.88. The SMILES string of the molecule is O=C(COC(=O)CCN1C(=O)[C@@H]2[C@H]3CC[C@@H](C3)[C@H]2C1=O)Nc1ccc(Br)c(Cl)c1. The number of likely N-dealkylation sites (tertiary alicyclic amines) is 1. The number of imide groups is 1. The van der Waals surface area contributed by atoms with E-state index in [1.165, 1.54) is 4.90 Å². The number of amides is 3. The van der Waals surface area contributed by atoms with Crippen molar-refractivity contribution in [3.63, 3.8) is 0 Å². The van der Waals surface area contributed by atoms with Gasteiger partial charge in [-0.1, -0.05) is 11.6 Å². The maximum Gasteiger partial charge on any atom is 0.308 e. The number of nitrogens with zero attached hydrogens (tertiary/aromatic N) is 1. The maximum absolute atomic E-state index is 12.6. The lowest BCUT2D eigenvalue weighted by atomic mass is 9.81. The van der Waals surface area contributed by atoms with Gasteiger partial charge in [-0.05, 0) is 65.2 Å². The van der Waals surface area contributed by atoms with E-state index in [9.17, 15) is 19.2 Å².